The second-order valence-corrected chi connectivity index (χ2v) is 7.63. The van der Waals surface area contributed by atoms with Crippen LogP contribution in [-0.2, 0) is 0 Å². The highest BCUT2D eigenvalue weighted by Gasteiger charge is 2.46. The molecule has 2 atom stereocenters. The predicted molar refractivity (Wildman–Crippen MR) is 119 cm³/mol. The summed E-state index contributed by atoms with van der Waals surface area (Å²) in [6, 6.07) is 10.7. The van der Waals surface area contributed by atoms with Crippen molar-refractivity contribution in [3.8, 4) is 17.2 Å². The number of halogens is 3. The van der Waals surface area contributed by atoms with E-state index in [2.05, 4.69) is 15.7 Å². The molecule has 1 amide bonds. The second-order valence-electron chi connectivity index (χ2n) is 7.63. The number of nitrogens with zero attached hydrogens (tertiary/aromatic N) is 2. The Morgan fingerprint density at radius 3 is 2.26 bits per heavy atom. The van der Waals surface area contributed by atoms with Gasteiger partial charge in [-0.2, -0.15) is 18.3 Å². The lowest BCUT2D eigenvalue weighted by molar-refractivity contribution is -0.173. The van der Waals surface area contributed by atoms with E-state index in [0.29, 0.717) is 28.5 Å². The number of aromatic nitrogens is 2. The molecule has 0 radical (unpaired) electrons. The van der Waals surface area contributed by atoms with Gasteiger partial charge < -0.3 is 24.8 Å². The fourth-order valence-corrected chi connectivity index (χ4v) is 3.94. The minimum Gasteiger partial charge on any atom is -0.493 e. The van der Waals surface area contributed by atoms with Gasteiger partial charge in [-0.25, -0.2) is 4.68 Å². The van der Waals surface area contributed by atoms with Gasteiger partial charge in [0.2, 0.25) is 5.75 Å². The molecule has 2 aromatic carbocycles. The van der Waals surface area contributed by atoms with Gasteiger partial charge >= 0.3 is 6.18 Å². The lowest BCUT2D eigenvalue weighted by Crippen LogP contribution is -2.35. The first-order chi connectivity index (χ1) is 16.2. The number of carbonyl (C=O) groups is 1. The summed E-state index contributed by atoms with van der Waals surface area (Å²) in [7, 11) is 4.30. The van der Waals surface area contributed by atoms with Crippen LogP contribution in [0.25, 0.3) is 0 Å². The normalized spacial score (nSPS) is 17.4. The van der Waals surface area contributed by atoms with Crippen LogP contribution in [-0.4, -0.2) is 43.2 Å². The molecule has 0 saturated heterocycles. The number of nitrogens with one attached hydrogen (secondary N) is 2. The van der Waals surface area contributed by atoms with Crippen LogP contribution in [0.15, 0.2) is 48.5 Å². The van der Waals surface area contributed by atoms with Crippen molar-refractivity contribution < 1.29 is 32.2 Å². The van der Waals surface area contributed by atoms with Crippen LogP contribution in [0.1, 0.15) is 34.6 Å². The van der Waals surface area contributed by atoms with E-state index in [0.717, 1.165) is 4.68 Å². The summed E-state index contributed by atoms with van der Waals surface area (Å²) >= 11 is 0. The zero-order valence-corrected chi connectivity index (χ0v) is 18.6. The van der Waals surface area contributed by atoms with Gasteiger partial charge in [-0.05, 0) is 5.56 Å². The van der Waals surface area contributed by atoms with E-state index in [1.54, 1.807) is 30.3 Å². The number of hydrogen-bond acceptors (Lipinski definition) is 6. The van der Waals surface area contributed by atoms with Crippen molar-refractivity contribution >= 4 is 17.4 Å². The minimum absolute atomic E-state index is 0.109. The Morgan fingerprint density at radius 2 is 1.71 bits per heavy atom. The molecule has 0 aliphatic carbocycles. The SMILES string of the molecule is COc1cc(NC(=O)c2cc3n(n2)[C@H](C(F)(F)F)C[C@@H](c2ccccc2)N3)cc(OC)c1OC. The fourth-order valence-electron chi connectivity index (χ4n) is 3.94. The summed E-state index contributed by atoms with van der Waals surface area (Å²) in [6.45, 7) is 0. The molecule has 4 rings (SSSR count). The summed E-state index contributed by atoms with van der Waals surface area (Å²) in [4.78, 5) is 12.9. The molecule has 34 heavy (non-hydrogen) atoms. The molecule has 1 aliphatic heterocycles. The van der Waals surface area contributed by atoms with Crippen molar-refractivity contribution in [1.82, 2.24) is 9.78 Å². The molecule has 0 fully saturated rings. The first-order valence-corrected chi connectivity index (χ1v) is 10.3. The lowest BCUT2D eigenvalue weighted by atomic mass is 9.97. The standard InChI is InChI=1S/C23H23F3N4O4/c1-32-17-9-14(10-18(33-2)21(17)34-3)27-22(31)16-12-20-28-15(13-7-5-4-6-8-13)11-19(23(24,25)26)30(20)29-16/h4-10,12,15,19,28H,11H2,1-3H3,(H,27,31)/t15-,19-/m0/s1. The van der Waals surface area contributed by atoms with Gasteiger partial charge in [0, 0.05) is 30.3 Å². The molecular weight excluding hydrogens is 453 g/mol. The molecule has 0 unspecified atom stereocenters. The Kier molecular flexibility index (Phi) is 6.27. The van der Waals surface area contributed by atoms with Crippen molar-refractivity contribution in [3.63, 3.8) is 0 Å². The van der Waals surface area contributed by atoms with Crippen LogP contribution in [0.5, 0.6) is 17.2 Å². The zero-order chi connectivity index (χ0) is 24.5. The second kappa shape index (κ2) is 9.16. The van der Waals surface area contributed by atoms with Crippen LogP contribution in [0.4, 0.5) is 24.7 Å². The van der Waals surface area contributed by atoms with Gasteiger partial charge in [-0.3, -0.25) is 4.79 Å². The number of benzene rings is 2. The third-order valence-corrected chi connectivity index (χ3v) is 5.55. The Balaban J connectivity index is 1.64. The maximum Gasteiger partial charge on any atom is 0.410 e. The molecule has 2 N–H and O–H groups in total. The average Bonchev–Trinajstić information content (AvgIpc) is 3.27. The van der Waals surface area contributed by atoms with Crippen molar-refractivity contribution in [2.45, 2.75) is 24.7 Å². The number of methoxy groups -OCH3 is 3. The summed E-state index contributed by atoms with van der Waals surface area (Å²) in [5.74, 6) is 0.383. The van der Waals surface area contributed by atoms with Crippen LogP contribution in [0.2, 0.25) is 0 Å². The number of anilines is 2. The van der Waals surface area contributed by atoms with E-state index in [4.69, 9.17) is 14.2 Å². The van der Waals surface area contributed by atoms with Crippen molar-refractivity contribution in [2.24, 2.45) is 0 Å². The largest absolute Gasteiger partial charge is 0.493 e. The first kappa shape index (κ1) is 23.3. The Labute approximate surface area is 193 Å². The number of rotatable bonds is 6. The topological polar surface area (TPSA) is 86.6 Å². The van der Waals surface area contributed by atoms with Crippen molar-refractivity contribution in [2.75, 3.05) is 32.0 Å². The molecule has 3 aromatic rings. The molecule has 11 heteroatoms. The number of carbonyl (C=O) groups excluding carboxylic acids is 1. The van der Waals surface area contributed by atoms with Crippen LogP contribution in [0.3, 0.4) is 0 Å². The molecule has 2 heterocycles. The van der Waals surface area contributed by atoms with E-state index in [-0.39, 0.29) is 17.9 Å². The Hall–Kier alpha value is -3.89. The van der Waals surface area contributed by atoms with Gasteiger partial charge in [0.05, 0.1) is 27.4 Å². The van der Waals surface area contributed by atoms with E-state index in [9.17, 15) is 18.0 Å². The molecule has 0 saturated carbocycles. The van der Waals surface area contributed by atoms with Crippen LogP contribution < -0.4 is 24.8 Å². The number of ether oxygens (including phenoxy) is 3. The van der Waals surface area contributed by atoms with Gasteiger partial charge in [0.1, 0.15) is 5.82 Å². The summed E-state index contributed by atoms with van der Waals surface area (Å²) in [5.41, 5.74) is 0.847. The summed E-state index contributed by atoms with van der Waals surface area (Å²) in [6.07, 6.45) is -4.80. The Morgan fingerprint density at radius 1 is 1.06 bits per heavy atom. The van der Waals surface area contributed by atoms with E-state index < -0.39 is 24.2 Å². The number of amides is 1. The molecular formula is C23H23F3N4O4. The summed E-state index contributed by atoms with van der Waals surface area (Å²) in [5, 5.41) is 9.67. The van der Waals surface area contributed by atoms with Gasteiger partial charge in [0.15, 0.2) is 23.2 Å². The fraction of sp³-hybridized carbons (Fsp3) is 0.304. The predicted octanol–water partition coefficient (Wildman–Crippen LogP) is 4.82. The molecule has 180 valence electrons. The van der Waals surface area contributed by atoms with Crippen molar-refractivity contribution in [1.29, 1.82) is 0 Å². The highest BCUT2D eigenvalue weighted by molar-refractivity contribution is 6.03. The third kappa shape index (κ3) is 4.45. The molecule has 1 aromatic heterocycles. The van der Waals surface area contributed by atoms with Crippen LogP contribution >= 0.6 is 0 Å². The molecule has 0 spiro atoms. The monoisotopic (exact) mass is 476 g/mol. The highest BCUT2D eigenvalue weighted by Crippen LogP contribution is 2.44. The van der Waals surface area contributed by atoms with Gasteiger partial charge in [-0.1, -0.05) is 30.3 Å². The lowest BCUT2D eigenvalue weighted by Gasteiger charge is -2.33. The highest BCUT2D eigenvalue weighted by atomic mass is 19.4. The third-order valence-electron chi connectivity index (χ3n) is 5.55. The smallest absolute Gasteiger partial charge is 0.410 e. The molecule has 0 bridgehead atoms. The van der Waals surface area contributed by atoms with Crippen LogP contribution in [0, 0.1) is 0 Å². The quantitative estimate of drug-likeness (QED) is 0.531. The average molecular weight is 476 g/mol. The van der Waals surface area contributed by atoms with E-state index in [1.165, 1.54) is 39.5 Å². The minimum atomic E-state index is -4.54. The van der Waals surface area contributed by atoms with E-state index in [1.807, 2.05) is 0 Å². The first-order valence-electron chi connectivity index (χ1n) is 10.3. The maximum absolute atomic E-state index is 13.9. The summed E-state index contributed by atoms with van der Waals surface area (Å²) < 4.78 is 58.2. The molecule has 8 nitrogen and oxygen atoms in total. The number of alkyl halides is 3. The van der Waals surface area contributed by atoms with Gasteiger partial charge in [0.25, 0.3) is 5.91 Å². The number of fused-ring (bicyclic) bond motifs is 1. The van der Waals surface area contributed by atoms with Crippen molar-refractivity contribution in [3.05, 3.63) is 59.8 Å². The number of hydrogen-bond donors (Lipinski definition) is 2. The van der Waals surface area contributed by atoms with E-state index >= 15 is 0 Å². The zero-order valence-electron chi connectivity index (χ0n) is 18.6. The maximum atomic E-state index is 13.9. The van der Waals surface area contributed by atoms with Gasteiger partial charge in [-0.15, -0.1) is 0 Å². The molecule has 1 aliphatic rings. The Bertz CT molecular complexity index is 1160.